The predicted molar refractivity (Wildman–Crippen MR) is 82.0 cm³/mol. The highest BCUT2D eigenvalue weighted by molar-refractivity contribution is 9.10. The number of hydrogen-bond donors (Lipinski definition) is 1. The van der Waals surface area contributed by atoms with Crippen LogP contribution in [0.15, 0.2) is 22.7 Å². The first-order valence-corrected chi connectivity index (χ1v) is 7.76. The van der Waals surface area contributed by atoms with Crippen LogP contribution in [0.5, 0.6) is 5.75 Å². The SMILES string of the molecule is COCCOc1ccc(C(N)C2CCCOC2)cc1Br. The lowest BCUT2D eigenvalue weighted by atomic mass is 9.89. The van der Waals surface area contributed by atoms with E-state index in [4.69, 9.17) is 19.9 Å². The predicted octanol–water partition coefficient (Wildman–Crippen LogP) is 2.90. The van der Waals surface area contributed by atoms with E-state index in [-0.39, 0.29) is 6.04 Å². The largest absolute Gasteiger partial charge is 0.490 e. The Labute approximate surface area is 128 Å². The van der Waals surface area contributed by atoms with Crippen molar-refractivity contribution in [1.82, 2.24) is 0 Å². The molecule has 1 aliphatic rings. The number of halogens is 1. The van der Waals surface area contributed by atoms with E-state index in [2.05, 4.69) is 15.9 Å². The quantitative estimate of drug-likeness (QED) is 0.807. The summed E-state index contributed by atoms with van der Waals surface area (Å²) in [6.45, 7) is 2.73. The Kier molecular flexibility index (Phi) is 6.29. The van der Waals surface area contributed by atoms with Gasteiger partial charge in [-0.25, -0.2) is 0 Å². The molecule has 2 unspecified atom stereocenters. The summed E-state index contributed by atoms with van der Waals surface area (Å²) >= 11 is 3.54. The lowest BCUT2D eigenvalue weighted by molar-refractivity contribution is 0.0447. The van der Waals surface area contributed by atoms with Crippen LogP contribution in [0.1, 0.15) is 24.4 Å². The molecule has 4 nitrogen and oxygen atoms in total. The van der Waals surface area contributed by atoms with Gasteiger partial charge in [0.25, 0.3) is 0 Å². The van der Waals surface area contributed by atoms with Crippen molar-refractivity contribution < 1.29 is 14.2 Å². The number of methoxy groups -OCH3 is 1. The van der Waals surface area contributed by atoms with Gasteiger partial charge in [0.05, 0.1) is 17.7 Å². The Bertz CT molecular complexity index is 422. The van der Waals surface area contributed by atoms with Crippen molar-refractivity contribution in [3.05, 3.63) is 28.2 Å². The van der Waals surface area contributed by atoms with Crippen LogP contribution < -0.4 is 10.5 Å². The van der Waals surface area contributed by atoms with Crippen molar-refractivity contribution in [1.29, 1.82) is 0 Å². The minimum absolute atomic E-state index is 0.0135. The van der Waals surface area contributed by atoms with Crippen LogP contribution in [-0.2, 0) is 9.47 Å². The second-order valence-corrected chi connectivity index (χ2v) is 5.89. The number of hydrogen-bond acceptors (Lipinski definition) is 4. The number of nitrogens with two attached hydrogens (primary N) is 1. The number of benzene rings is 1. The molecular formula is C15H22BrNO3. The molecular weight excluding hydrogens is 322 g/mol. The fourth-order valence-electron chi connectivity index (χ4n) is 2.40. The van der Waals surface area contributed by atoms with E-state index < -0.39 is 0 Å². The summed E-state index contributed by atoms with van der Waals surface area (Å²) in [5.74, 6) is 1.22. The third-order valence-corrected chi connectivity index (χ3v) is 4.21. The monoisotopic (exact) mass is 343 g/mol. The van der Waals surface area contributed by atoms with Crippen LogP contribution in [0.4, 0.5) is 0 Å². The third kappa shape index (κ3) is 4.19. The van der Waals surface area contributed by atoms with Crippen molar-refractivity contribution in [2.75, 3.05) is 33.5 Å². The summed E-state index contributed by atoms with van der Waals surface area (Å²) in [5, 5.41) is 0. The third-order valence-electron chi connectivity index (χ3n) is 3.59. The van der Waals surface area contributed by atoms with E-state index in [1.807, 2.05) is 18.2 Å². The summed E-state index contributed by atoms with van der Waals surface area (Å²) in [6.07, 6.45) is 2.22. The lowest BCUT2D eigenvalue weighted by Gasteiger charge is -2.28. The molecule has 20 heavy (non-hydrogen) atoms. The van der Waals surface area contributed by atoms with Gasteiger partial charge in [-0.05, 0) is 46.5 Å². The minimum Gasteiger partial charge on any atom is -0.490 e. The fourth-order valence-corrected chi connectivity index (χ4v) is 2.91. The van der Waals surface area contributed by atoms with Gasteiger partial charge in [0, 0.05) is 25.7 Å². The number of ether oxygens (including phenoxy) is 3. The van der Waals surface area contributed by atoms with Crippen molar-refractivity contribution in [2.24, 2.45) is 11.7 Å². The van der Waals surface area contributed by atoms with E-state index in [0.29, 0.717) is 19.1 Å². The van der Waals surface area contributed by atoms with Crippen LogP contribution in [0, 0.1) is 5.92 Å². The minimum atomic E-state index is 0.0135. The Morgan fingerprint density at radius 2 is 2.30 bits per heavy atom. The molecule has 0 aliphatic carbocycles. The molecule has 0 spiro atoms. The van der Waals surface area contributed by atoms with Gasteiger partial charge >= 0.3 is 0 Å². The zero-order valence-electron chi connectivity index (χ0n) is 11.8. The van der Waals surface area contributed by atoms with Gasteiger partial charge in [0.15, 0.2) is 0 Å². The molecule has 112 valence electrons. The van der Waals surface area contributed by atoms with E-state index in [1.165, 1.54) is 0 Å². The maximum Gasteiger partial charge on any atom is 0.133 e. The molecule has 0 aromatic heterocycles. The molecule has 2 atom stereocenters. The fraction of sp³-hybridized carbons (Fsp3) is 0.600. The normalized spacial score (nSPS) is 20.6. The molecule has 1 saturated heterocycles. The maximum absolute atomic E-state index is 6.35. The van der Waals surface area contributed by atoms with Crippen LogP contribution in [0.3, 0.4) is 0 Å². The van der Waals surface area contributed by atoms with Crippen molar-refractivity contribution in [2.45, 2.75) is 18.9 Å². The molecule has 2 N–H and O–H groups in total. The average Bonchev–Trinajstić information content (AvgIpc) is 2.49. The van der Waals surface area contributed by atoms with Gasteiger partial charge < -0.3 is 19.9 Å². The Morgan fingerprint density at radius 1 is 1.45 bits per heavy atom. The van der Waals surface area contributed by atoms with Crippen LogP contribution in [0.25, 0.3) is 0 Å². The van der Waals surface area contributed by atoms with Gasteiger partial charge in [0.1, 0.15) is 12.4 Å². The molecule has 0 saturated carbocycles. The first kappa shape index (κ1) is 15.8. The summed E-state index contributed by atoms with van der Waals surface area (Å²) in [6, 6.07) is 6.05. The molecule has 0 amide bonds. The summed E-state index contributed by atoms with van der Waals surface area (Å²) < 4.78 is 17.0. The zero-order valence-corrected chi connectivity index (χ0v) is 13.4. The molecule has 1 aromatic rings. The molecule has 5 heteroatoms. The standard InChI is InChI=1S/C15H22BrNO3/c1-18-7-8-20-14-5-4-11(9-13(14)16)15(17)12-3-2-6-19-10-12/h4-5,9,12,15H,2-3,6-8,10,17H2,1H3. The molecule has 0 bridgehead atoms. The second kappa shape index (κ2) is 7.98. The molecule has 2 rings (SSSR count). The van der Waals surface area contributed by atoms with Crippen LogP contribution in [-0.4, -0.2) is 33.5 Å². The van der Waals surface area contributed by atoms with Crippen LogP contribution >= 0.6 is 15.9 Å². The van der Waals surface area contributed by atoms with Crippen molar-refractivity contribution in [3.63, 3.8) is 0 Å². The molecule has 1 aliphatic heterocycles. The molecule has 0 radical (unpaired) electrons. The van der Waals surface area contributed by atoms with E-state index in [9.17, 15) is 0 Å². The highest BCUT2D eigenvalue weighted by Gasteiger charge is 2.23. The molecule has 1 aromatic carbocycles. The van der Waals surface area contributed by atoms with E-state index in [0.717, 1.165) is 41.8 Å². The maximum atomic E-state index is 6.35. The topological polar surface area (TPSA) is 53.7 Å². The van der Waals surface area contributed by atoms with Gasteiger partial charge in [-0.1, -0.05) is 6.07 Å². The summed E-state index contributed by atoms with van der Waals surface area (Å²) in [4.78, 5) is 0. The van der Waals surface area contributed by atoms with E-state index >= 15 is 0 Å². The van der Waals surface area contributed by atoms with Gasteiger partial charge in [0.2, 0.25) is 0 Å². The highest BCUT2D eigenvalue weighted by Crippen LogP contribution is 2.32. The Balaban J connectivity index is 1.99. The highest BCUT2D eigenvalue weighted by atomic mass is 79.9. The second-order valence-electron chi connectivity index (χ2n) is 5.03. The lowest BCUT2D eigenvalue weighted by Crippen LogP contribution is -2.29. The van der Waals surface area contributed by atoms with E-state index in [1.54, 1.807) is 7.11 Å². The number of rotatable bonds is 6. The van der Waals surface area contributed by atoms with Gasteiger partial charge in [-0.3, -0.25) is 0 Å². The van der Waals surface area contributed by atoms with Crippen molar-refractivity contribution in [3.8, 4) is 5.75 Å². The smallest absolute Gasteiger partial charge is 0.133 e. The molecule has 1 heterocycles. The van der Waals surface area contributed by atoms with Gasteiger partial charge in [-0.2, -0.15) is 0 Å². The molecule has 1 fully saturated rings. The van der Waals surface area contributed by atoms with Crippen LogP contribution in [0.2, 0.25) is 0 Å². The first-order valence-electron chi connectivity index (χ1n) is 6.97. The zero-order chi connectivity index (χ0) is 14.4. The average molecular weight is 344 g/mol. The Morgan fingerprint density at radius 3 is 2.95 bits per heavy atom. The first-order chi connectivity index (χ1) is 9.72. The van der Waals surface area contributed by atoms with Crippen molar-refractivity contribution >= 4 is 15.9 Å². The van der Waals surface area contributed by atoms with Gasteiger partial charge in [-0.15, -0.1) is 0 Å². The summed E-state index contributed by atoms with van der Waals surface area (Å²) in [7, 11) is 1.66. The Hall–Kier alpha value is -0.620. The summed E-state index contributed by atoms with van der Waals surface area (Å²) in [5.41, 5.74) is 7.47.